The van der Waals surface area contributed by atoms with Crippen LogP contribution >= 0.6 is 0 Å². The van der Waals surface area contributed by atoms with Gasteiger partial charge in [0.25, 0.3) is 0 Å². The summed E-state index contributed by atoms with van der Waals surface area (Å²) in [6, 6.07) is 5.82. The normalized spacial score (nSPS) is 14.4. The Balaban J connectivity index is 2.53. The van der Waals surface area contributed by atoms with E-state index in [9.17, 15) is 18.7 Å². The summed E-state index contributed by atoms with van der Waals surface area (Å²) in [6.45, 7) is 5.30. The molecule has 0 saturated heterocycles. The number of rotatable bonds is 7. The fourth-order valence-corrected chi connectivity index (χ4v) is 1.88. The van der Waals surface area contributed by atoms with Crippen molar-refractivity contribution in [3.8, 4) is 5.75 Å². The standard InChI is InChI=1S/C17H25F2NO3/c1-11(17(2,3)4)8-15(22)20-10-14(21)12-6-5-7-13(9-12)23-16(18)19/h5-7,9,11,14,16,21H,8,10H2,1-4H3,(H,20,22). The number of amides is 1. The molecule has 0 aromatic heterocycles. The Morgan fingerprint density at radius 1 is 1.35 bits per heavy atom. The van der Waals surface area contributed by atoms with Crippen LogP contribution in [0.1, 0.15) is 45.8 Å². The first-order chi connectivity index (χ1) is 10.6. The van der Waals surface area contributed by atoms with Crippen molar-refractivity contribution in [2.24, 2.45) is 11.3 Å². The molecule has 0 aliphatic heterocycles. The molecule has 1 aromatic carbocycles. The van der Waals surface area contributed by atoms with Crippen LogP contribution in [-0.2, 0) is 4.79 Å². The zero-order chi connectivity index (χ0) is 17.6. The zero-order valence-electron chi connectivity index (χ0n) is 14.0. The molecule has 0 bridgehead atoms. The number of hydrogen-bond acceptors (Lipinski definition) is 3. The Kier molecular flexibility index (Phi) is 6.94. The van der Waals surface area contributed by atoms with Crippen LogP contribution in [0.4, 0.5) is 8.78 Å². The van der Waals surface area contributed by atoms with Gasteiger partial charge in [0.15, 0.2) is 0 Å². The summed E-state index contributed by atoms with van der Waals surface area (Å²) in [5.41, 5.74) is 0.434. The molecule has 130 valence electrons. The minimum absolute atomic E-state index is 0.0217. The predicted molar refractivity (Wildman–Crippen MR) is 84.3 cm³/mol. The van der Waals surface area contributed by atoms with Crippen LogP contribution in [0, 0.1) is 11.3 Å². The lowest BCUT2D eigenvalue weighted by Crippen LogP contribution is -2.32. The third-order valence-corrected chi connectivity index (χ3v) is 3.93. The van der Waals surface area contributed by atoms with E-state index in [-0.39, 0.29) is 29.5 Å². The first kappa shape index (κ1) is 19.4. The van der Waals surface area contributed by atoms with Gasteiger partial charge in [-0.25, -0.2) is 0 Å². The second-order valence-corrected chi connectivity index (χ2v) is 6.74. The number of carbonyl (C=O) groups excluding carboxylic acids is 1. The third kappa shape index (κ3) is 6.95. The van der Waals surface area contributed by atoms with Gasteiger partial charge >= 0.3 is 6.61 Å². The smallest absolute Gasteiger partial charge is 0.387 e. The molecular formula is C17H25F2NO3. The van der Waals surface area contributed by atoms with E-state index in [2.05, 4.69) is 30.8 Å². The summed E-state index contributed by atoms with van der Waals surface area (Å²) in [5, 5.41) is 12.7. The van der Waals surface area contributed by atoms with Crippen molar-refractivity contribution >= 4 is 5.91 Å². The molecule has 1 rings (SSSR count). The molecular weight excluding hydrogens is 304 g/mol. The van der Waals surface area contributed by atoms with Gasteiger partial charge in [-0.1, -0.05) is 39.8 Å². The molecule has 4 nitrogen and oxygen atoms in total. The van der Waals surface area contributed by atoms with Crippen molar-refractivity contribution < 1.29 is 23.4 Å². The van der Waals surface area contributed by atoms with Crippen LogP contribution in [0.25, 0.3) is 0 Å². The van der Waals surface area contributed by atoms with Gasteiger partial charge in [0.2, 0.25) is 5.91 Å². The van der Waals surface area contributed by atoms with E-state index in [1.54, 1.807) is 6.07 Å². The average molecular weight is 329 g/mol. The Labute approximate surface area is 135 Å². The number of carbonyl (C=O) groups is 1. The molecule has 0 aliphatic rings. The van der Waals surface area contributed by atoms with Gasteiger partial charge in [-0.15, -0.1) is 0 Å². The van der Waals surface area contributed by atoms with Gasteiger partial charge in [0.05, 0.1) is 6.10 Å². The van der Waals surface area contributed by atoms with Crippen molar-refractivity contribution in [2.75, 3.05) is 6.54 Å². The van der Waals surface area contributed by atoms with Crippen LogP contribution in [-0.4, -0.2) is 24.2 Å². The van der Waals surface area contributed by atoms with E-state index in [0.29, 0.717) is 12.0 Å². The first-order valence-electron chi connectivity index (χ1n) is 7.59. The molecule has 2 N–H and O–H groups in total. The molecule has 1 amide bonds. The number of ether oxygens (including phenoxy) is 1. The van der Waals surface area contributed by atoms with Crippen molar-refractivity contribution in [2.45, 2.75) is 46.8 Å². The van der Waals surface area contributed by atoms with E-state index in [1.165, 1.54) is 18.2 Å². The molecule has 0 heterocycles. The molecule has 0 aliphatic carbocycles. The number of aliphatic hydroxyl groups is 1. The highest BCUT2D eigenvalue weighted by Gasteiger charge is 2.22. The number of halogens is 2. The van der Waals surface area contributed by atoms with Crippen LogP contribution in [0.5, 0.6) is 5.75 Å². The largest absolute Gasteiger partial charge is 0.435 e. The van der Waals surface area contributed by atoms with Crippen LogP contribution in [0.3, 0.4) is 0 Å². The van der Waals surface area contributed by atoms with Crippen molar-refractivity contribution in [3.05, 3.63) is 29.8 Å². The minimum Gasteiger partial charge on any atom is -0.435 e. The van der Waals surface area contributed by atoms with E-state index in [4.69, 9.17) is 0 Å². The lowest BCUT2D eigenvalue weighted by Gasteiger charge is -2.26. The molecule has 0 spiro atoms. The second kappa shape index (κ2) is 8.24. The Bertz CT molecular complexity index is 515. The number of aliphatic hydroxyl groups excluding tert-OH is 1. The zero-order valence-corrected chi connectivity index (χ0v) is 14.0. The molecule has 0 saturated carbocycles. The van der Waals surface area contributed by atoms with Gasteiger partial charge in [-0.2, -0.15) is 8.78 Å². The molecule has 23 heavy (non-hydrogen) atoms. The van der Waals surface area contributed by atoms with E-state index >= 15 is 0 Å². The van der Waals surface area contributed by atoms with Gasteiger partial charge in [-0.05, 0) is 29.0 Å². The molecule has 2 unspecified atom stereocenters. The fourth-order valence-electron chi connectivity index (χ4n) is 1.88. The molecule has 1 aromatic rings. The van der Waals surface area contributed by atoms with Crippen molar-refractivity contribution in [1.82, 2.24) is 5.32 Å². The highest BCUT2D eigenvalue weighted by Crippen LogP contribution is 2.28. The number of hydrogen-bond donors (Lipinski definition) is 2. The summed E-state index contributed by atoms with van der Waals surface area (Å²) in [4.78, 5) is 11.9. The van der Waals surface area contributed by atoms with Crippen LogP contribution < -0.4 is 10.1 Å². The van der Waals surface area contributed by atoms with Crippen molar-refractivity contribution in [3.63, 3.8) is 0 Å². The summed E-state index contributed by atoms with van der Waals surface area (Å²) in [5.74, 6) is 0.0260. The molecule has 2 atom stereocenters. The average Bonchev–Trinajstić information content (AvgIpc) is 2.43. The minimum atomic E-state index is -2.92. The topological polar surface area (TPSA) is 58.6 Å². The van der Waals surface area contributed by atoms with Gasteiger partial charge in [-0.3, -0.25) is 4.79 Å². The van der Waals surface area contributed by atoms with E-state index < -0.39 is 12.7 Å². The highest BCUT2D eigenvalue weighted by atomic mass is 19.3. The lowest BCUT2D eigenvalue weighted by molar-refractivity contribution is -0.123. The Morgan fingerprint density at radius 3 is 2.57 bits per heavy atom. The number of alkyl halides is 2. The van der Waals surface area contributed by atoms with E-state index in [1.807, 2.05) is 6.92 Å². The van der Waals surface area contributed by atoms with Crippen LogP contribution in [0.15, 0.2) is 24.3 Å². The Morgan fingerprint density at radius 2 is 2.00 bits per heavy atom. The van der Waals surface area contributed by atoms with Gasteiger partial charge in [0.1, 0.15) is 5.75 Å². The maximum atomic E-state index is 12.2. The highest BCUT2D eigenvalue weighted by molar-refractivity contribution is 5.76. The summed E-state index contributed by atoms with van der Waals surface area (Å²) in [6.07, 6.45) is -0.616. The summed E-state index contributed by atoms with van der Waals surface area (Å²) < 4.78 is 28.7. The first-order valence-corrected chi connectivity index (χ1v) is 7.59. The quantitative estimate of drug-likeness (QED) is 0.805. The maximum absolute atomic E-state index is 12.2. The third-order valence-electron chi connectivity index (χ3n) is 3.93. The molecule has 0 fully saturated rings. The maximum Gasteiger partial charge on any atom is 0.387 e. The summed E-state index contributed by atoms with van der Waals surface area (Å²) in [7, 11) is 0. The van der Waals surface area contributed by atoms with Crippen LogP contribution in [0.2, 0.25) is 0 Å². The van der Waals surface area contributed by atoms with Crippen molar-refractivity contribution in [1.29, 1.82) is 0 Å². The molecule has 6 heteroatoms. The molecule has 0 radical (unpaired) electrons. The summed E-state index contributed by atoms with van der Waals surface area (Å²) >= 11 is 0. The van der Waals surface area contributed by atoms with Gasteiger partial charge < -0.3 is 15.2 Å². The lowest BCUT2D eigenvalue weighted by atomic mass is 9.80. The van der Waals surface area contributed by atoms with E-state index in [0.717, 1.165) is 0 Å². The monoisotopic (exact) mass is 329 g/mol. The fraction of sp³-hybridized carbons (Fsp3) is 0.588. The predicted octanol–water partition coefficient (Wildman–Crippen LogP) is 3.51. The Hall–Kier alpha value is -1.69. The SMILES string of the molecule is CC(CC(=O)NCC(O)c1cccc(OC(F)F)c1)C(C)(C)C. The van der Waals surface area contributed by atoms with Gasteiger partial charge in [0, 0.05) is 13.0 Å². The number of benzene rings is 1. The number of nitrogens with one attached hydrogen (secondary N) is 1. The second-order valence-electron chi connectivity index (χ2n) is 6.74.